The van der Waals surface area contributed by atoms with Gasteiger partial charge >= 0.3 is 0 Å². The molecule has 1 saturated heterocycles. The third-order valence-corrected chi connectivity index (χ3v) is 3.70. The van der Waals surface area contributed by atoms with E-state index in [4.69, 9.17) is 16.3 Å². The quantitative estimate of drug-likeness (QED) is 0.820. The third-order valence-electron chi connectivity index (χ3n) is 3.33. The molecule has 0 radical (unpaired) electrons. The van der Waals surface area contributed by atoms with Gasteiger partial charge in [0.05, 0.1) is 6.61 Å². The number of ether oxygens (including phenoxy) is 1. The van der Waals surface area contributed by atoms with E-state index >= 15 is 0 Å². The van der Waals surface area contributed by atoms with E-state index in [1.807, 2.05) is 29.2 Å². The van der Waals surface area contributed by atoms with Crippen molar-refractivity contribution in [3.05, 3.63) is 34.9 Å². The van der Waals surface area contributed by atoms with E-state index in [-0.39, 0.29) is 5.91 Å². The molecule has 0 saturated carbocycles. The molecule has 1 atom stereocenters. The van der Waals surface area contributed by atoms with Crippen LogP contribution >= 0.6 is 11.6 Å². The highest BCUT2D eigenvalue weighted by atomic mass is 35.5. The molecule has 1 amide bonds. The number of hydrogen-bond donors (Lipinski definition) is 0. The van der Waals surface area contributed by atoms with Crippen molar-refractivity contribution in [1.82, 2.24) is 4.90 Å². The van der Waals surface area contributed by atoms with Crippen LogP contribution in [0.3, 0.4) is 0 Å². The first-order valence-electron chi connectivity index (χ1n) is 6.21. The minimum atomic E-state index is 0.226. The van der Waals surface area contributed by atoms with Crippen LogP contribution in [-0.4, -0.2) is 37.6 Å². The molecule has 1 heterocycles. The topological polar surface area (TPSA) is 29.5 Å². The second kappa shape index (κ2) is 6.21. The monoisotopic (exact) mass is 267 g/mol. The van der Waals surface area contributed by atoms with Gasteiger partial charge in [-0.1, -0.05) is 29.8 Å². The van der Waals surface area contributed by atoms with Crippen LogP contribution in [0.5, 0.6) is 0 Å². The van der Waals surface area contributed by atoms with Crippen LogP contribution < -0.4 is 0 Å². The maximum atomic E-state index is 11.8. The molecule has 4 heteroatoms. The smallest absolute Gasteiger partial charge is 0.223 e. The van der Waals surface area contributed by atoms with Crippen LogP contribution in [0.1, 0.15) is 12.0 Å². The average Bonchev–Trinajstić information content (AvgIpc) is 2.70. The first-order valence-corrected chi connectivity index (χ1v) is 6.58. The lowest BCUT2D eigenvalue weighted by Crippen LogP contribution is -2.28. The molecule has 1 aromatic carbocycles. The molecule has 1 aliphatic rings. The summed E-state index contributed by atoms with van der Waals surface area (Å²) in [4.78, 5) is 13.7. The Morgan fingerprint density at radius 1 is 1.44 bits per heavy atom. The molecule has 0 spiro atoms. The number of hydrogen-bond acceptors (Lipinski definition) is 2. The molecule has 0 aliphatic carbocycles. The Morgan fingerprint density at radius 3 is 2.94 bits per heavy atom. The fourth-order valence-electron chi connectivity index (χ4n) is 2.38. The Bertz CT molecular complexity index is 422. The normalized spacial score (nSPS) is 19.6. The lowest BCUT2D eigenvalue weighted by molar-refractivity contribution is -0.128. The standard InChI is InChI=1S/C14H18ClNO2/c1-18-7-6-16-10-11(9-14(16)17)8-12-4-2-3-5-13(12)15/h2-5,11H,6-10H2,1H3/t11-/m1/s1. The summed E-state index contributed by atoms with van der Waals surface area (Å²) in [7, 11) is 1.65. The number of nitrogens with zero attached hydrogens (tertiary/aromatic N) is 1. The number of benzene rings is 1. The number of carbonyl (C=O) groups is 1. The van der Waals surface area contributed by atoms with E-state index in [9.17, 15) is 4.79 Å². The van der Waals surface area contributed by atoms with Gasteiger partial charge in [-0.15, -0.1) is 0 Å². The summed E-state index contributed by atoms with van der Waals surface area (Å²) in [6, 6.07) is 7.85. The summed E-state index contributed by atoms with van der Waals surface area (Å²) < 4.78 is 5.01. The van der Waals surface area contributed by atoms with Crippen molar-refractivity contribution in [2.75, 3.05) is 26.8 Å². The van der Waals surface area contributed by atoms with Crippen LogP contribution in [0.4, 0.5) is 0 Å². The molecule has 98 valence electrons. The SMILES string of the molecule is COCCN1C[C@H](Cc2ccccc2Cl)CC1=O. The van der Waals surface area contributed by atoms with Crippen LogP contribution in [0.2, 0.25) is 5.02 Å². The number of amides is 1. The molecule has 0 N–H and O–H groups in total. The molecule has 0 unspecified atom stereocenters. The fraction of sp³-hybridized carbons (Fsp3) is 0.500. The predicted molar refractivity (Wildman–Crippen MR) is 71.7 cm³/mol. The van der Waals surface area contributed by atoms with Gasteiger partial charge in [0.15, 0.2) is 0 Å². The number of halogens is 1. The van der Waals surface area contributed by atoms with Crippen molar-refractivity contribution in [2.24, 2.45) is 5.92 Å². The highest BCUT2D eigenvalue weighted by Gasteiger charge is 2.29. The van der Waals surface area contributed by atoms with Gasteiger partial charge in [-0.25, -0.2) is 0 Å². The number of methoxy groups -OCH3 is 1. The Kier molecular flexibility index (Phi) is 4.61. The number of rotatable bonds is 5. The average molecular weight is 268 g/mol. The van der Waals surface area contributed by atoms with Gasteiger partial charge < -0.3 is 9.64 Å². The second-order valence-corrected chi connectivity index (χ2v) is 5.11. The van der Waals surface area contributed by atoms with Crippen molar-refractivity contribution in [3.8, 4) is 0 Å². The van der Waals surface area contributed by atoms with Gasteiger partial charge in [-0.2, -0.15) is 0 Å². The highest BCUT2D eigenvalue weighted by molar-refractivity contribution is 6.31. The van der Waals surface area contributed by atoms with Crippen molar-refractivity contribution < 1.29 is 9.53 Å². The molecular formula is C14H18ClNO2. The minimum absolute atomic E-state index is 0.226. The lowest BCUT2D eigenvalue weighted by atomic mass is 9.98. The largest absolute Gasteiger partial charge is 0.383 e. The zero-order chi connectivity index (χ0) is 13.0. The Morgan fingerprint density at radius 2 is 2.22 bits per heavy atom. The molecule has 1 fully saturated rings. The van der Waals surface area contributed by atoms with Gasteiger partial charge in [0.1, 0.15) is 0 Å². The van der Waals surface area contributed by atoms with Gasteiger partial charge in [0.25, 0.3) is 0 Å². The van der Waals surface area contributed by atoms with Crippen LogP contribution in [0, 0.1) is 5.92 Å². The van der Waals surface area contributed by atoms with Crippen molar-refractivity contribution >= 4 is 17.5 Å². The third kappa shape index (κ3) is 3.24. The van der Waals surface area contributed by atoms with Crippen LogP contribution in [0.15, 0.2) is 24.3 Å². The molecule has 2 rings (SSSR count). The van der Waals surface area contributed by atoms with E-state index in [1.54, 1.807) is 7.11 Å². The highest BCUT2D eigenvalue weighted by Crippen LogP contribution is 2.25. The van der Waals surface area contributed by atoms with E-state index in [2.05, 4.69) is 0 Å². The molecule has 1 aliphatic heterocycles. The molecule has 3 nitrogen and oxygen atoms in total. The van der Waals surface area contributed by atoms with Gasteiger partial charge in [0.2, 0.25) is 5.91 Å². The summed E-state index contributed by atoms with van der Waals surface area (Å²) in [6.07, 6.45) is 1.49. The van der Waals surface area contributed by atoms with Crippen molar-refractivity contribution in [1.29, 1.82) is 0 Å². The Hall–Kier alpha value is -1.06. The lowest BCUT2D eigenvalue weighted by Gasteiger charge is -2.16. The summed E-state index contributed by atoms with van der Waals surface area (Å²) in [6.45, 7) is 2.10. The summed E-state index contributed by atoms with van der Waals surface area (Å²) in [5, 5.41) is 0.792. The zero-order valence-corrected chi connectivity index (χ0v) is 11.3. The Balaban J connectivity index is 1.92. The van der Waals surface area contributed by atoms with Gasteiger partial charge in [-0.05, 0) is 24.0 Å². The molecule has 0 aromatic heterocycles. The van der Waals surface area contributed by atoms with Crippen molar-refractivity contribution in [3.63, 3.8) is 0 Å². The van der Waals surface area contributed by atoms with Crippen LogP contribution in [0.25, 0.3) is 0 Å². The number of carbonyl (C=O) groups excluding carboxylic acids is 1. The Labute approximate surface area is 113 Å². The van der Waals surface area contributed by atoms with E-state index in [0.29, 0.717) is 25.5 Å². The van der Waals surface area contributed by atoms with Gasteiger partial charge in [-0.3, -0.25) is 4.79 Å². The molecule has 1 aromatic rings. The van der Waals surface area contributed by atoms with Crippen LogP contribution in [-0.2, 0) is 16.0 Å². The van der Waals surface area contributed by atoms with E-state index in [1.165, 1.54) is 0 Å². The molecular weight excluding hydrogens is 250 g/mol. The van der Waals surface area contributed by atoms with Gasteiger partial charge in [0, 0.05) is 31.6 Å². The minimum Gasteiger partial charge on any atom is -0.383 e. The predicted octanol–water partition coefficient (Wildman–Crippen LogP) is 2.38. The summed E-state index contributed by atoms with van der Waals surface area (Å²) in [5.41, 5.74) is 1.13. The van der Waals surface area contributed by atoms with Crippen molar-refractivity contribution in [2.45, 2.75) is 12.8 Å². The fourth-order valence-corrected chi connectivity index (χ4v) is 2.60. The maximum Gasteiger partial charge on any atom is 0.223 e. The van der Waals surface area contributed by atoms with E-state index < -0.39 is 0 Å². The zero-order valence-electron chi connectivity index (χ0n) is 10.6. The molecule has 0 bridgehead atoms. The maximum absolute atomic E-state index is 11.8. The number of likely N-dealkylation sites (tertiary alicyclic amines) is 1. The second-order valence-electron chi connectivity index (χ2n) is 4.70. The first kappa shape index (κ1) is 13.4. The summed E-state index contributed by atoms with van der Waals surface area (Å²) >= 11 is 6.14. The summed E-state index contributed by atoms with van der Waals surface area (Å²) in [5.74, 6) is 0.596. The first-order chi connectivity index (χ1) is 8.70. The molecule has 18 heavy (non-hydrogen) atoms. The van der Waals surface area contributed by atoms with E-state index in [0.717, 1.165) is 23.6 Å².